The third-order valence-electron chi connectivity index (χ3n) is 6.33. The van der Waals surface area contributed by atoms with E-state index in [1.807, 2.05) is 42.5 Å². The molecule has 3 unspecified atom stereocenters. The Morgan fingerprint density at radius 2 is 1.97 bits per heavy atom. The highest BCUT2D eigenvalue weighted by atomic mass is 35.5. The molecular weight excluding hydrogens is 460 g/mol. The van der Waals surface area contributed by atoms with Crippen LogP contribution in [0.1, 0.15) is 36.0 Å². The fourth-order valence-corrected chi connectivity index (χ4v) is 4.68. The minimum Gasteiger partial charge on any atom is -0.491 e. The summed E-state index contributed by atoms with van der Waals surface area (Å²) in [4.78, 5) is 0. The van der Waals surface area contributed by atoms with Crippen LogP contribution in [0.5, 0.6) is 5.75 Å². The van der Waals surface area contributed by atoms with E-state index in [2.05, 4.69) is 0 Å². The minimum atomic E-state index is -1.13. The van der Waals surface area contributed by atoms with Crippen LogP contribution in [-0.4, -0.2) is 68.7 Å². The van der Waals surface area contributed by atoms with Gasteiger partial charge >= 0.3 is 0 Å². The van der Waals surface area contributed by atoms with Gasteiger partial charge in [-0.05, 0) is 48.2 Å². The maximum Gasteiger partial charge on any atom is 0.197 e. The number of hydrogen-bond acceptors (Lipinski definition) is 7. The summed E-state index contributed by atoms with van der Waals surface area (Å²) in [6.07, 6.45) is 1.27. The predicted molar refractivity (Wildman–Crippen MR) is 127 cm³/mol. The van der Waals surface area contributed by atoms with Gasteiger partial charge in [0.2, 0.25) is 0 Å². The third kappa shape index (κ3) is 6.29. The average Bonchev–Trinajstić information content (AvgIpc) is 3.37. The van der Waals surface area contributed by atoms with Crippen molar-refractivity contribution in [1.82, 2.24) is 0 Å². The molecule has 2 aromatic rings. The van der Waals surface area contributed by atoms with Crippen LogP contribution in [0.2, 0.25) is 5.02 Å². The Labute approximate surface area is 205 Å². The number of aliphatic hydroxyl groups is 2. The van der Waals surface area contributed by atoms with Gasteiger partial charge in [0.25, 0.3) is 0 Å². The van der Waals surface area contributed by atoms with Crippen LogP contribution in [0.3, 0.4) is 0 Å². The van der Waals surface area contributed by atoms with Crippen LogP contribution < -0.4 is 4.74 Å². The van der Waals surface area contributed by atoms with E-state index in [0.717, 1.165) is 35.5 Å². The summed E-state index contributed by atoms with van der Waals surface area (Å²) in [5.74, 6) is -0.345. The minimum absolute atomic E-state index is 0.181. The first-order chi connectivity index (χ1) is 16.5. The standard InChI is InChI=1S/C26H33ClO7/c1-30-26(15-21(29)14-24(16-28)34-26)20-4-7-25(27)19(13-20)12-18-2-5-22(6-3-18)32-10-11-33-23-8-9-31-17-23/h2-7,13,21,23-24,28-29H,8-12,14-17H2,1H3/t21?,23?,24-,26?/m0/s1. The van der Waals surface area contributed by atoms with Gasteiger partial charge < -0.3 is 33.9 Å². The first-order valence-electron chi connectivity index (χ1n) is 11.7. The van der Waals surface area contributed by atoms with Gasteiger partial charge in [-0.1, -0.05) is 29.8 Å². The molecule has 186 valence electrons. The second-order valence-corrected chi connectivity index (χ2v) is 9.21. The summed E-state index contributed by atoms with van der Waals surface area (Å²) in [6.45, 7) is 2.28. The van der Waals surface area contributed by atoms with Gasteiger partial charge in [-0.25, -0.2) is 0 Å². The molecule has 2 fully saturated rings. The van der Waals surface area contributed by atoms with Crippen molar-refractivity contribution in [3.63, 3.8) is 0 Å². The Hall–Kier alpha value is -1.71. The fourth-order valence-electron chi connectivity index (χ4n) is 4.50. The highest BCUT2D eigenvalue weighted by Gasteiger charge is 2.43. The fraction of sp³-hybridized carbons (Fsp3) is 0.538. The van der Waals surface area contributed by atoms with E-state index in [1.165, 1.54) is 0 Å². The zero-order valence-corrected chi connectivity index (χ0v) is 20.2. The van der Waals surface area contributed by atoms with Gasteiger partial charge in [0.1, 0.15) is 12.4 Å². The summed E-state index contributed by atoms with van der Waals surface area (Å²) in [5, 5.41) is 20.6. The Morgan fingerprint density at radius 1 is 1.15 bits per heavy atom. The average molecular weight is 493 g/mol. The van der Waals surface area contributed by atoms with Crippen LogP contribution in [0.4, 0.5) is 0 Å². The summed E-state index contributed by atoms with van der Waals surface area (Å²) in [7, 11) is 1.55. The monoisotopic (exact) mass is 492 g/mol. The smallest absolute Gasteiger partial charge is 0.197 e. The van der Waals surface area contributed by atoms with Crippen molar-refractivity contribution in [2.45, 2.75) is 49.8 Å². The molecule has 0 saturated carbocycles. The van der Waals surface area contributed by atoms with Crippen molar-refractivity contribution in [1.29, 1.82) is 0 Å². The number of aliphatic hydroxyl groups excluding tert-OH is 2. The maximum absolute atomic E-state index is 10.3. The quantitative estimate of drug-likeness (QED) is 0.491. The van der Waals surface area contributed by atoms with Crippen LogP contribution in [-0.2, 0) is 31.2 Å². The molecule has 8 heteroatoms. The third-order valence-corrected chi connectivity index (χ3v) is 6.70. The van der Waals surface area contributed by atoms with Gasteiger partial charge in [-0.3, -0.25) is 0 Å². The lowest BCUT2D eigenvalue weighted by atomic mass is 9.91. The lowest BCUT2D eigenvalue weighted by Gasteiger charge is -2.42. The molecular formula is C26H33ClO7. The Kier molecular flexibility index (Phi) is 8.82. The number of halogens is 1. The summed E-state index contributed by atoms with van der Waals surface area (Å²) >= 11 is 6.51. The predicted octanol–water partition coefficient (Wildman–Crippen LogP) is 3.45. The molecule has 0 aromatic heterocycles. The van der Waals surface area contributed by atoms with E-state index in [9.17, 15) is 10.2 Å². The maximum atomic E-state index is 10.3. The summed E-state index contributed by atoms with van der Waals surface area (Å²) in [5.41, 5.74) is 2.76. The van der Waals surface area contributed by atoms with Crippen molar-refractivity contribution in [2.75, 3.05) is 40.1 Å². The highest BCUT2D eigenvalue weighted by Crippen LogP contribution is 2.40. The molecule has 4 rings (SSSR count). The Bertz CT molecular complexity index is 916. The lowest BCUT2D eigenvalue weighted by Crippen LogP contribution is -2.46. The summed E-state index contributed by atoms with van der Waals surface area (Å²) in [6, 6.07) is 13.5. The Morgan fingerprint density at radius 3 is 2.68 bits per heavy atom. The van der Waals surface area contributed by atoms with Crippen LogP contribution >= 0.6 is 11.6 Å². The van der Waals surface area contributed by atoms with E-state index in [1.54, 1.807) is 7.11 Å². The van der Waals surface area contributed by atoms with Crippen LogP contribution in [0.25, 0.3) is 0 Å². The molecule has 34 heavy (non-hydrogen) atoms. The normalized spacial score (nSPS) is 27.1. The van der Waals surface area contributed by atoms with Crippen LogP contribution in [0.15, 0.2) is 42.5 Å². The van der Waals surface area contributed by atoms with E-state index in [4.69, 9.17) is 35.3 Å². The first-order valence-corrected chi connectivity index (χ1v) is 12.1. The molecule has 0 aliphatic carbocycles. The van der Waals surface area contributed by atoms with Crippen molar-refractivity contribution in [3.05, 3.63) is 64.2 Å². The topological polar surface area (TPSA) is 86.6 Å². The second kappa shape index (κ2) is 11.8. The zero-order valence-electron chi connectivity index (χ0n) is 19.5. The highest BCUT2D eigenvalue weighted by molar-refractivity contribution is 6.31. The largest absolute Gasteiger partial charge is 0.491 e. The molecule has 2 aliphatic heterocycles. The lowest BCUT2D eigenvalue weighted by molar-refractivity contribution is -0.298. The van der Waals surface area contributed by atoms with Gasteiger partial charge in [0.05, 0.1) is 38.1 Å². The number of benzene rings is 2. The van der Waals surface area contributed by atoms with E-state index < -0.39 is 18.0 Å². The number of ether oxygens (including phenoxy) is 5. The van der Waals surface area contributed by atoms with Crippen molar-refractivity contribution >= 4 is 11.6 Å². The summed E-state index contributed by atoms with van der Waals surface area (Å²) < 4.78 is 28.6. The molecule has 2 aromatic carbocycles. The molecule has 7 nitrogen and oxygen atoms in total. The van der Waals surface area contributed by atoms with Gasteiger partial charge in [0, 0.05) is 37.1 Å². The Balaban J connectivity index is 1.39. The molecule has 0 bridgehead atoms. The molecule has 2 aliphatic rings. The molecule has 2 N–H and O–H groups in total. The van der Waals surface area contributed by atoms with Gasteiger partial charge in [0.15, 0.2) is 5.79 Å². The molecule has 2 saturated heterocycles. The SMILES string of the molecule is COC1(c2ccc(Cl)c(Cc3ccc(OCCOC4CCOC4)cc3)c2)CC(O)C[C@@H](CO)O1. The van der Waals surface area contributed by atoms with E-state index in [-0.39, 0.29) is 19.1 Å². The number of methoxy groups -OCH3 is 1. The molecule has 2 heterocycles. The van der Waals surface area contributed by atoms with E-state index >= 15 is 0 Å². The number of hydrogen-bond donors (Lipinski definition) is 2. The first kappa shape index (κ1) is 25.4. The van der Waals surface area contributed by atoms with E-state index in [0.29, 0.717) is 37.7 Å². The van der Waals surface area contributed by atoms with Crippen molar-refractivity contribution in [2.24, 2.45) is 0 Å². The number of rotatable bonds is 10. The second-order valence-electron chi connectivity index (χ2n) is 8.80. The zero-order chi connectivity index (χ0) is 24.0. The molecule has 0 spiro atoms. The van der Waals surface area contributed by atoms with Crippen molar-refractivity contribution < 1.29 is 33.9 Å². The molecule has 4 atom stereocenters. The van der Waals surface area contributed by atoms with Gasteiger partial charge in [-0.2, -0.15) is 0 Å². The molecule has 0 radical (unpaired) electrons. The van der Waals surface area contributed by atoms with Crippen LogP contribution in [0, 0.1) is 0 Å². The van der Waals surface area contributed by atoms with Crippen molar-refractivity contribution in [3.8, 4) is 5.75 Å². The van der Waals surface area contributed by atoms with Gasteiger partial charge in [-0.15, -0.1) is 0 Å². The molecule has 0 amide bonds.